The molecule has 1 fully saturated rings. The minimum absolute atomic E-state index is 0.122. The van der Waals surface area contributed by atoms with E-state index in [4.69, 9.17) is 4.42 Å². The molecule has 3 aromatic rings. The second-order valence-corrected chi connectivity index (χ2v) is 6.46. The molecule has 0 radical (unpaired) electrons. The summed E-state index contributed by atoms with van der Waals surface area (Å²) < 4.78 is 20.7. The first-order valence-corrected chi connectivity index (χ1v) is 8.67. The number of hydrogen-bond donors (Lipinski definition) is 0. The fourth-order valence-electron chi connectivity index (χ4n) is 3.22. The Hall–Kier alpha value is -2.96. The quantitative estimate of drug-likeness (QED) is 0.722. The van der Waals surface area contributed by atoms with E-state index < -0.39 is 0 Å². The van der Waals surface area contributed by atoms with Crippen molar-refractivity contribution in [3.05, 3.63) is 60.5 Å². The van der Waals surface area contributed by atoms with Crippen molar-refractivity contribution in [1.29, 1.82) is 0 Å². The maximum Gasteiger partial charge on any atom is 0.247 e. The number of rotatable bonds is 4. The molecule has 0 unspecified atom stereocenters. The summed E-state index contributed by atoms with van der Waals surface area (Å²) in [6.07, 6.45) is 5.37. The van der Waals surface area contributed by atoms with Crippen molar-refractivity contribution in [3.8, 4) is 11.5 Å². The van der Waals surface area contributed by atoms with Gasteiger partial charge in [0.15, 0.2) is 0 Å². The standard InChI is InChI=1S/C19H19FN4O2/c20-16-5-3-14(4-6-16)18-21-22-19(26-18)15-7-11-24(12-8-15)17(25)13-23-9-1-2-10-23/h1-6,9-10,15H,7-8,11-13H2. The summed E-state index contributed by atoms with van der Waals surface area (Å²) in [5, 5.41) is 8.22. The zero-order valence-electron chi connectivity index (χ0n) is 14.2. The highest BCUT2D eigenvalue weighted by atomic mass is 19.1. The number of carbonyl (C=O) groups excluding carboxylic acids is 1. The third-order valence-electron chi connectivity index (χ3n) is 4.71. The van der Waals surface area contributed by atoms with E-state index in [2.05, 4.69) is 10.2 Å². The number of nitrogens with zero attached hydrogens (tertiary/aromatic N) is 4. The number of halogens is 1. The molecule has 4 rings (SSSR count). The van der Waals surface area contributed by atoms with E-state index in [0.29, 0.717) is 37.0 Å². The molecule has 6 nitrogen and oxygen atoms in total. The van der Waals surface area contributed by atoms with E-state index >= 15 is 0 Å². The van der Waals surface area contributed by atoms with Gasteiger partial charge in [-0.1, -0.05) is 0 Å². The van der Waals surface area contributed by atoms with E-state index in [1.54, 1.807) is 12.1 Å². The SMILES string of the molecule is O=C(Cn1cccc1)N1CCC(c2nnc(-c3ccc(F)cc3)o2)CC1. The van der Waals surface area contributed by atoms with Crippen LogP contribution in [0.2, 0.25) is 0 Å². The van der Waals surface area contributed by atoms with E-state index in [9.17, 15) is 9.18 Å². The van der Waals surface area contributed by atoms with Crippen LogP contribution in [0.25, 0.3) is 11.5 Å². The van der Waals surface area contributed by atoms with Crippen LogP contribution in [-0.4, -0.2) is 38.7 Å². The third kappa shape index (κ3) is 3.51. The van der Waals surface area contributed by atoms with Gasteiger partial charge < -0.3 is 13.9 Å². The van der Waals surface area contributed by atoms with Crippen LogP contribution in [0.1, 0.15) is 24.7 Å². The highest BCUT2D eigenvalue weighted by Gasteiger charge is 2.27. The zero-order valence-corrected chi connectivity index (χ0v) is 14.2. The molecule has 134 valence electrons. The maximum atomic E-state index is 13.0. The van der Waals surface area contributed by atoms with Gasteiger partial charge in [0.25, 0.3) is 0 Å². The molecular formula is C19H19FN4O2. The molecule has 0 spiro atoms. The first kappa shape index (κ1) is 16.5. The maximum absolute atomic E-state index is 13.0. The monoisotopic (exact) mass is 354 g/mol. The van der Waals surface area contributed by atoms with Gasteiger partial charge in [-0.05, 0) is 49.2 Å². The average molecular weight is 354 g/mol. The third-order valence-corrected chi connectivity index (χ3v) is 4.71. The molecular weight excluding hydrogens is 335 g/mol. The molecule has 1 aliphatic rings. The number of aromatic nitrogens is 3. The molecule has 1 aromatic carbocycles. The van der Waals surface area contributed by atoms with Crippen LogP contribution in [0.15, 0.2) is 53.2 Å². The van der Waals surface area contributed by atoms with Crippen LogP contribution >= 0.6 is 0 Å². The molecule has 0 aliphatic carbocycles. The Kier molecular flexibility index (Phi) is 4.51. The lowest BCUT2D eigenvalue weighted by Crippen LogP contribution is -2.39. The van der Waals surface area contributed by atoms with Crippen molar-refractivity contribution in [2.45, 2.75) is 25.3 Å². The van der Waals surface area contributed by atoms with Gasteiger partial charge in [0.05, 0.1) is 0 Å². The average Bonchev–Trinajstić information content (AvgIpc) is 3.34. The Morgan fingerprint density at radius 3 is 2.50 bits per heavy atom. The molecule has 1 aliphatic heterocycles. The van der Waals surface area contributed by atoms with Crippen molar-refractivity contribution in [2.75, 3.05) is 13.1 Å². The highest BCUT2D eigenvalue weighted by molar-refractivity contribution is 5.76. The first-order valence-electron chi connectivity index (χ1n) is 8.67. The van der Waals surface area contributed by atoms with Crippen molar-refractivity contribution < 1.29 is 13.6 Å². The van der Waals surface area contributed by atoms with Crippen LogP contribution in [0.5, 0.6) is 0 Å². The molecule has 3 heterocycles. The molecule has 0 N–H and O–H groups in total. The van der Waals surface area contributed by atoms with Gasteiger partial charge in [0.2, 0.25) is 17.7 Å². The summed E-state index contributed by atoms with van der Waals surface area (Å²) in [4.78, 5) is 14.2. The molecule has 2 aromatic heterocycles. The van der Waals surface area contributed by atoms with Gasteiger partial charge in [-0.3, -0.25) is 4.79 Å². The van der Waals surface area contributed by atoms with Gasteiger partial charge in [-0.25, -0.2) is 4.39 Å². The van der Waals surface area contributed by atoms with Crippen LogP contribution in [-0.2, 0) is 11.3 Å². The van der Waals surface area contributed by atoms with Crippen molar-refractivity contribution in [3.63, 3.8) is 0 Å². The summed E-state index contributed by atoms with van der Waals surface area (Å²) in [5.74, 6) is 0.947. The molecule has 0 bridgehead atoms. The van der Waals surface area contributed by atoms with Crippen molar-refractivity contribution in [1.82, 2.24) is 19.7 Å². The Morgan fingerprint density at radius 1 is 1.12 bits per heavy atom. The summed E-state index contributed by atoms with van der Waals surface area (Å²) >= 11 is 0. The summed E-state index contributed by atoms with van der Waals surface area (Å²) in [6.45, 7) is 1.73. The van der Waals surface area contributed by atoms with E-state index in [0.717, 1.165) is 12.8 Å². The molecule has 26 heavy (non-hydrogen) atoms. The molecule has 1 amide bonds. The largest absolute Gasteiger partial charge is 0.420 e. The number of piperidine rings is 1. The minimum atomic E-state index is -0.301. The fraction of sp³-hybridized carbons (Fsp3) is 0.316. The second-order valence-electron chi connectivity index (χ2n) is 6.46. The smallest absolute Gasteiger partial charge is 0.247 e. The Morgan fingerprint density at radius 2 is 1.81 bits per heavy atom. The van der Waals surface area contributed by atoms with Gasteiger partial charge in [0, 0.05) is 37.0 Å². The number of likely N-dealkylation sites (tertiary alicyclic amines) is 1. The topological polar surface area (TPSA) is 64.2 Å². The normalized spacial score (nSPS) is 15.3. The van der Waals surface area contributed by atoms with Crippen molar-refractivity contribution in [2.24, 2.45) is 0 Å². The van der Waals surface area contributed by atoms with Gasteiger partial charge >= 0.3 is 0 Å². The fourth-order valence-corrected chi connectivity index (χ4v) is 3.22. The second kappa shape index (κ2) is 7.11. The predicted molar refractivity (Wildman–Crippen MR) is 92.7 cm³/mol. The Balaban J connectivity index is 1.36. The lowest BCUT2D eigenvalue weighted by atomic mass is 9.97. The number of amides is 1. The van der Waals surface area contributed by atoms with Crippen LogP contribution in [0, 0.1) is 5.82 Å². The number of hydrogen-bond acceptors (Lipinski definition) is 4. The zero-order chi connectivity index (χ0) is 17.9. The minimum Gasteiger partial charge on any atom is -0.420 e. The Bertz CT molecular complexity index is 865. The van der Waals surface area contributed by atoms with Crippen LogP contribution in [0.3, 0.4) is 0 Å². The lowest BCUT2D eigenvalue weighted by molar-refractivity contribution is -0.132. The molecule has 0 atom stereocenters. The first-order chi connectivity index (χ1) is 12.7. The molecule has 7 heteroatoms. The Labute approximate surface area is 150 Å². The van der Waals surface area contributed by atoms with E-state index in [-0.39, 0.29) is 17.6 Å². The number of carbonyl (C=O) groups is 1. The number of benzene rings is 1. The highest BCUT2D eigenvalue weighted by Crippen LogP contribution is 2.29. The predicted octanol–water partition coefficient (Wildman–Crippen LogP) is 3.08. The van der Waals surface area contributed by atoms with Crippen LogP contribution < -0.4 is 0 Å². The molecule has 0 saturated carbocycles. The van der Waals surface area contributed by atoms with E-state index in [1.807, 2.05) is 34.0 Å². The van der Waals surface area contributed by atoms with Gasteiger partial charge in [-0.2, -0.15) is 0 Å². The van der Waals surface area contributed by atoms with Crippen molar-refractivity contribution >= 4 is 5.91 Å². The summed E-state index contributed by atoms with van der Waals surface area (Å²) in [7, 11) is 0. The molecule has 1 saturated heterocycles. The lowest BCUT2D eigenvalue weighted by Gasteiger charge is -2.30. The summed E-state index contributed by atoms with van der Waals surface area (Å²) in [6, 6.07) is 9.80. The summed E-state index contributed by atoms with van der Waals surface area (Å²) in [5.41, 5.74) is 0.699. The van der Waals surface area contributed by atoms with Gasteiger partial charge in [-0.15, -0.1) is 10.2 Å². The van der Waals surface area contributed by atoms with Gasteiger partial charge in [0.1, 0.15) is 12.4 Å². The van der Waals surface area contributed by atoms with Crippen LogP contribution in [0.4, 0.5) is 4.39 Å². The van der Waals surface area contributed by atoms with E-state index in [1.165, 1.54) is 12.1 Å².